The van der Waals surface area contributed by atoms with E-state index in [-0.39, 0.29) is 18.5 Å². The molecule has 5 rings (SSSR count). The fourth-order valence-electron chi connectivity index (χ4n) is 4.37. The molecule has 192 valence electrons. The molecule has 0 unspecified atom stereocenters. The van der Waals surface area contributed by atoms with Crippen LogP contribution in [0.1, 0.15) is 23.9 Å². The van der Waals surface area contributed by atoms with Crippen LogP contribution >= 0.6 is 0 Å². The van der Waals surface area contributed by atoms with Gasteiger partial charge in [-0.05, 0) is 55.7 Å². The van der Waals surface area contributed by atoms with Gasteiger partial charge in [-0.2, -0.15) is 18.3 Å². The summed E-state index contributed by atoms with van der Waals surface area (Å²) in [5.74, 6) is -0.311. The van der Waals surface area contributed by atoms with Crippen LogP contribution in [0.4, 0.5) is 23.2 Å². The van der Waals surface area contributed by atoms with Crippen molar-refractivity contribution in [2.75, 3.05) is 18.6 Å². The van der Waals surface area contributed by atoms with Crippen LogP contribution in [0, 0.1) is 12.7 Å². The molecule has 1 aliphatic rings. The highest BCUT2D eigenvalue weighted by atomic mass is 19.4. The third-order valence-electron chi connectivity index (χ3n) is 6.07. The van der Waals surface area contributed by atoms with Gasteiger partial charge in [0.25, 0.3) is 5.91 Å². The molecule has 2 aromatic heterocycles. The molecule has 0 radical (unpaired) electrons. The lowest BCUT2D eigenvalue weighted by atomic mass is 10.1. The standard InChI is InChI=1S/C24H21F4N7O2/c1-14-29-13-35(31-14)20-6-3-15(10-22(20)37-2)18-11-34(32-30-18)21-7-4-16-9-17(25)5-8-19(16)33(23(21)36)12-24(26,27)28/h3,5-6,8-11,13,21H,4,7,12H2,1-2H3/t21-/m0/s1. The van der Waals surface area contributed by atoms with Crippen LogP contribution in [0.25, 0.3) is 16.9 Å². The first-order valence-electron chi connectivity index (χ1n) is 11.3. The minimum absolute atomic E-state index is 0.0373. The van der Waals surface area contributed by atoms with E-state index in [1.807, 2.05) is 0 Å². The van der Waals surface area contributed by atoms with Crippen molar-refractivity contribution in [1.29, 1.82) is 0 Å². The van der Waals surface area contributed by atoms with Gasteiger partial charge >= 0.3 is 6.18 Å². The average molecular weight is 515 g/mol. The van der Waals surface area contributed by atoms with E-state index >= 15 is 0 Å². The molecule has 0 spiro atoms. The van der Waals surface area contributed by atoms with Crippen LogP contribution in [0.3, 0.4) is 0 Å². The molecule has 0 fully saturated rings. The highest BCUT2D eigenvalue weighted by Crippen LogP contribution is 2.35. The van der Waals surface area contributed by atoms with E-state index < -0.39 is 30.5 Å². The summed E-state index contributed by atoms with van der Waals surface area (Å²) in [5.41, 5.74) is 2.01. The Labute approximate surface area is 208 Å². The molecule has 1 aliphatic heterocycles. The summed E-state index contributed by atoms with van der Waals surface area (Å²) in [7, 11) is 1.50. The zero-order valence-corrected chi connectivity index (χ0v) is 19.8. The first-order chi connectivity index (χ1) is 17.6. The highest BCUT2D eigenvalue weighted by Gasteiger charge is 2.39. The Morgan fingerprint density at radius 2 is 1.92 bits per heavy atom. The molecular formula is C24H21F4N7O2. The van der Waals surface area contributed by atoms with Gasteiger partial charge < -0.3 is 9.64 Å². The van der Waals surface area contributed by atoms with Crippen LogP contribution in [0.2, 0.25) is 0 Å². The summed E-state index contributed by atoms with van der Waals surface area (Å²) in [5, 5.41) is 12.5. The van der Waals surface area contributed by atoms with E-state index in [1.54, 1.807) is 36.1 Å². The van der Waals surface area contributed by atoms with Crippen molar-refractivity contribution < 1.29 is 27.1 Å². The zero-order valence-electron chi connectivity index (χ0n) is 19.8. The number of aromatic nitrogens is 6. The normalized spacial score (nSPS) is 16.0. The van der Waals surface area contributed by atoms with Gasteiger partial charge in [0.2, 0.25) is 0 Å². The predicted molar refractivity (Wildman–Crippen MR) is 124 cm³/mol. The van der Waals surface area contributed by atoms with Gasteiger partial charge in [0.1, 0.15) is 47.7 Å². The molecule has 0 saturated heterocycles. The smallest absolute Gasteiger partial charge is 0.406 e. The minimum atomic E-state index is -4.65. The maximum absolute atomic E-state index is 13.8. The van der Waals surface area contributed by atoms with Crippen molar-refractivity contribution in [3.05, 3.63) is 66.1 Å². The number of hydrogen-bond donors (Lipinski definition) is 0. The summed E-state index contributed by atoms with van der Waals surface area (Å²) in [4.78, 5) is 18.1. The zero-order chi connectivity index (χ0) is 26.3. The van der Waals surface area contributed by atoms with Crippen molar-refractivity contribution in [3.8, 4) is 22.7 Å². The summed E-state index contributed by atoms with van der Waals surface area (Å²) in [6.07, 6.45) is -1.28. The quantitative estimate of drug-likeness (QED) is 0.373. The molecule has 1 amide bonds. The molecule has 37 heavy (non-hydrogen) atoms. The number of hydrogen-bond acceptors (Lipinski definition) is 6. The van der Waals surface area contributed by atoms with Gasteiger partial charge in [-0.1, -0.05) is 11.3 Å². The first kappa shape index (κ1) is 24.4. The molecule has 1 atom stereocenters. The van der Waals surface area contributed by atoms with E-state index in [2.05, 4.69) is 20.4 Å². The number of ether oxygens (including phenoxy) is 1. The molecule has 0 saturated carbocycles. The van der Waals surface area contributed by atoms with Crippen molar-refractivity contribution in [1.82, 2.24) is 29.8 Å². The number of rotatable bonds is 5. The SMILES string of the molecule is COc1cc(-c2cn([C@H]3CCc4cc(F)ccc4N(CC(F)(F)F)C3=O)nn2)ccc1-n1cnc(C)n1. The number of carbonyl (C=O) groups excluding carboxylic acids is 1. The van der Waals surface area contributed by atoms with Crippen LogP contribution in [0.5, 0.6) is 5.75 Å². The summed E-state index contributed by atoms with van der Waals surface area (Å²) >= 11 is 0. The third-order valence-corrected chi connectivity index (χ3v) is 6.07. The lowest BCUT2D eigenvalue weighted by molar-refractivity contribution is -0.134. The van der Waals surface area contributed by atoms with Gasteiger partial charge in [0.15, 0.2) is 0 Å². The highest BCUT2D eigenvalue weighted by molar-refractivity contribution is 5.97. The fraction of sp³-hybridized carbons (Fsp3) is 0.292. The molecule has 0 N–H and O–H groups in total. The minimum Gasteiger partial charge on any atom is -0.494 e. The van der Waals surface area contributed by atoms with Crippen molar-refractivity contribution in [3.63, 3.8) is 0 Å². The number of amides is 1. The number of aryl methyl sites for hydroxylation is 2. The Morgan fingerprint density at radius 1 is 1.14 bits per heavy atom. The number of benzene rings is 2. The molecule has 0 aliphatic carbocycles. The number of fused-ring (bicyclic) bond motifs is 1. The summed E-state index contributed by atoms with van der Waals surface area (Å²) in [6, 6.07) is 7.57. The largest absolute Gasteiger partial charge is 0.494 e. The second-order valence-corrected chi connectivity index (χ2v) is 8.57. The third kappa shape index (κ3) is 4.88. The first-order valence-corrected chi connectivity index (χ1v) is 11.3. The van der Waals surface area contributed by atoms with Crippen LogP contribution in [0.15, 0.2) is 48.9 Å². The number of anilines is 1. The molecule has 2 aromatic carbocycles. The van der Waals surface area contributed by atoms with Gasteiger partial charge in [-0.25, -0.2) is 18.7 Å². The van der Waals surface area contributed by atoms with Crippen molar-refractivity contribution >= 4 is 11.6 Å². The Bertz CT molecular complexity index is 1460. The van der Waals surface area contributed by atoms with Gasteiger partial charge in [-0.3, -0.25) is 4.79 Å². The molecular weight excluding hydrogens is 494 g/mol. The number of halogens is 4. The van der Waals surface area contributed by atoms with E-state index in [9.17, 15) is 22.4 Å². The summed E-state index contributed by atoms with van der Waals surface area (Å²) < 4.78 is 62.3. The van der Waals surface area contributed by atoms with E-state index in [1.165, 1.54) is 24.1 Å². The molecule has 3 heterocycles. The Balaban J connectivity index is 1.47. The molecule has 13 heteroatoms. The molecule has 9 nitrogen and oxygen atoms in total. The van der Waals surface area contributed by atoms with Crippen molar-refractivity contribution in [2.45, 2.75) is 32.0 Å². The van der Waals surface area contributed by atoms with E-state index in [0.29, 0.717) is 39.0 Å². The summed E-state index contributed by atoms with van der Waals surface area (Å²) in [6.45, 7) is 0.262. The van der Waals surface area contributed by atoms with Crippen molar-refractivity contribution in [2.24, 2.45) is 0 Å². The maximum atomic E-state index is 13.8. The molecule has 0 bridgehead atoms. The maximum Gasteiger partial charge on any atom is 0.406 e. The van der Waals surface area contributed by atoms with Crippen LogP contribution < -0.4 is 9.64 Å². The number of methoxy groups -OCH3 is 1. The molecule has 4 aromatic rings. The van der Waals surface area contributed by atoms with Crippen LogP contribution in [-0.2, 0) is 11.2 Å². The number of nitrogens with zero attached hydrogens (tertiary/aromatic N) is 7. The van der Waals surface area contributed by atoms with Gasteiger partial charge in [0, 0.05) is 11.3 Å². The van der Waals surface area contributed by atoms with Crippen LogP contribution in [-0.4, -0.2) is 55.5 Å². The van der Waals surface area contributed by atoms with E-state index in [0.717, 1.165) is 12.1 Å². The lowest BCUT2D eigenvalue weighted by Gasteiger charge is -2.26. The second-order valence-electron chi connectivity index (χ2n) is 8.57. The Morgan fingerprint density at radius 3 is 2.62 bits per heavy atom. The second kappa shape index (κ2) is 9.30. The predicted octanol–water partition coefficient (Wildman–Crippen LogP) is 4.06. The topological polar surface area (TPSA) is 91.0 Å². The Kier molecular flexibility index (Phi) is 6.13. The lowest BCUT2D eigenvalue weighted by Crippen LogP contribution is -2.42. The van der Waals surface area contributed by atoms with Gasteiger partial charge in [0.05, 0.1) is 13.3 Å². The monoisotopic (exact) mass is 515 g/mol. The number of carbonyl (C=O) groups is 1. The van der Waals surface area contributed by atoms with Gasteiger partial charge in [-0.15, -0.1) is 5.10 Å². The fourth-order valence-corrected chi connectivity index (χ4v) is 4.37. The Hall–Kier alpha value is -4.29. The average Bonchev–Trinajstić information content (AvgIpc) is 3.49. The number of alkyl halides is 3. The van der Waals surface area contributed by atoms with E-state index in [4.69, 9.17) is 4.74 Å².